The van der Waals surface area contributed by atoms with Gasteiger partial charge in [-0.1, -0.05) is 12.1 Å². The van der Waals surface area contributed by atoms with Gasteiger partial charge in [-0.3, -0.25) is 4.79 Å². The molecule has 4 aromatic rings. The molecule has 0 saturated carbocycles. The van der Waals surface area contributed by atoms with Gasteiger partial charge in [0.2, 0.25) is 0 Å². The third-order valence-electron chi connectivity index (χ3n) is 7.13. The van der Waals surface area contributed by atoms with Crippen molar-refractivity contribution in [3.05, 3.63) is 77.2 Å². The third kappa shape index (κ3) is 4.32. The summed E-state index contributed by atoms with van der Waals surface area (Å²) >= 11 is 0. The fraction of sp³-hybridized carbons (Fsp3) is 0.357. The van der Waals surface area contributed by atoms with Gasteiger partial charge in [-0.2, -0.15) is 5.10 Å². The molecule has 7 heteroatoms. The van der Waals surface area contributed by atoms with Gasteiger partial charge in [0.05, 0.1) is 30.9 Å². The van der Waals surface area contributed by atoms with E-state index >= 15 is 0 Å². The van der Waals surface area contributed by atoms with Gasteiger partial charge < -0.3 is 18.9 Å². The van der Waals surface area contributed by atoms with E-state index in [-0.39, 0.29) is 12.1 Å². The molecular weight excluding hydrogens is 440 g/mol. The van der Waals surface area contributed by atoms with Crippen molar-refractivity contribution in [1.29, 1.82) is 0 Å². The Morgan fingerprint density at radius 1 is 1.20 bits per heavy atom. The molecule has 1 saturated heterocycles. The number of fused-ring (bicyclic) bond motifs is 1. The highest BCUT2D eigenvalue weighted by atomic mass is 16.5. The van der Waals surface area contributed by atoms with E-state index in [1.54, 1.807) is 7.11 Å². The molecule has 5 rings (SSSR count). The maximum Gasteiger partial charge on any atom is 0.260 e. The first-order chi connectivity index (χ1) is 17.0. The van der Waals surface area contributed by atoms with Gasteiger partial charge in [-0.05, 0) is 74.6 Å². The maximum atomic E-state index is 13.9. The summed E-state index contributed by atoms with van der Waals surface area (Å²) in [6, 6.07) is 14.0. The fourth-order valence-corrected chi connectivity index (χ4v) is 4.82. The van der Waals surface area contributed by atoms with Gasteiger partial charge >= 0.3 is 0 Å². The largest absolute Gasteiger partial charge is 0.496 e. The quantitative estimate of drug-likeness (QED) is 0.369. The number of anilines is 1. The van der Waals surface area contributed by atoms with E-state index in [0.717, 1.165) is 65.0 Å². The van der Waals surface area contributed by atoms with Crippen LogP contribution in [0.25, 0.3) is 10.9 Å². The molecule has 182 valence electrons. The molecule has 0 radical (unpaired) electrons. The first-order valence-electron chi connectivity index (χ1n) is 12.1. The number of carbonyl (C=O) groups is 1. The molecule has 0 N–H and O–H groups in total. The van der Waals surface area contributed by atoms with Crippen molar-refractivity contribution in [1.82, 2.24) is 14.3 Å². The van der Waals surface area contributed by atoms with Gasteiger partial charge in [0.15, 0.2) is 6.23 Å². The Kier molecular flexibility index (Phi) is 6.34. The normalized spacial score (nSPS) is 15.9. The molecule has 0 spiro atoms. The van der Waals surface area contributed by atoms with Crippen LogP contribution in [0.1, 0.15) is 52.7 Å². The molecule has 1 fully saturated rings. The fourth-order valence-electron chi connectivity index (χ4n) is 4.82. The zero-order valence-electron chi connectivity index (χ0n) is 20.8. The number of benzene rings is 2. The van der Waals surface area contributed by atoms with E-state index in [0.29, 0.717) is 12.1 Å². The van der Waals surface area contributed by atoms with Crippen LogP contribution in [-0.4, -0.2) is 34.0 Å². The minimum Gasteiger partial charge on any atom is -0.496 e. The van der Waals surface area contributed by atoms with Crippen LogP contribution in [0, 0.1) is 13.8 Å². The first kappa shape index (κ1) is 23.2. The lowest BCUT2D eigenvalue weighted by Crippen LogP contribution is -2.31. The second-order valence-electron chi connectivity index (χ2n) is 9.21. The average Bonchev–Trinajstić information content (AvgIpc) is 3.46. The minimum absolute atomic E-state index is 0.0374. The van der Waals surface area contributed by atoms with Crippen molar-refractivity contribution >= 4 is 22.5 Å². The molecule has 0 bridgehead atoms. The third-order valence-corrected chi connectivity index (χ3v) is 7.13. The van der Waals surface area contributed by atoms with Crippen LogP contribution < -0.4 is 9.64 Å². The van der Waals surface area contributed by atoms with Crippen LogP contribution in [0.15, 0.2) is 54.9 Å². The zero-order chi connectivity index (χ0) is 24.5. The van der Waals surface area contributed by atoms with Crippen molar-refractivity contribution in [3.8, 4) is 5.75 Å². The molecule has 3 heterocycles. The molecule has 2 aromatic heterocycles. The van der Waals surface area contributed by atoms with Gasteiger partial charge in [-0.25, -0.2) is 4.68 Å². The molecule has 1 aliphatic heterocycles. The molecular formula is C28H32N4O3. The molecule has 2 aromatic carbocycles. The molecule has 7 nitrogen and oxygen atoms in total. The molecule has 1 amide bonds. The van der Waals surface area contributed by atoms with Crippen molar-refractivity contribution < 1.29 is 14.3 Å². The highest BCUT2D eigenvalue weighted by Crippen LogP contribution is 2.31. The summed E-state index contributed by atoms with van der Waals surface area (Å²) in [6.45, 7) is 5.18. The van der Waals surface area contributed by atoms with E-state index in [1.807, 2.05) is 77.8 Å². The molecule has 35 heavy (non-hydrogen) atoms. The minimum atomic E-state index is -0.0716. The zero-order valence-corrected chi connectivity index (χ0v) is 20.8. The second kappa shape index (κ2) is 9.58. The second-order valence-corrected chi connectivity index (χ2v) is 9.21. The summed E-state index contributed by atoms with van der Waals surface area (Å²) in [6.07, 6.45) is 6.87. The predicted molar refractivity (Wildman–Crippen MR) is 137 cm³/mol. The van der Waals surface area contributed by atoms with Gasteiger partial charge in [0, 0.05) is 36.6 Å². The SMILES string of the molecule is COc1cccc(CN(C(=O)c2ccn(C)c2C)c2ccc3cnn(C4CCCCO4)c3c2)c1C. The Balaban J connectivity index is 1.59. The number of amides is 1. The van der Waals surface area contributed by atoms with Crippen LogP contribution in [-0.2, 0) is 18.3 Å². The Labute approximate surface area is 205 Å². The summed E-state index contributed by atoms with van der Waals surface area (Å²) in [5.74, 6) is 0.776. The van der Waals surface area contributed by atoms with E-state index in [9.17, 15) is 4.79 Å². The summed E-state index contributed by atoms with van der Waals surface area (Å²) in [4.78, 5) is 15.8. The molecule has 1 atom stereocenters. The number of aryl methyl sites for hydroxylation is 1. The smallest absolute Gasteiger partial charge is 0.260 e. The van der Waals surface area contributed by atoms with Crippen LogP contribution >= 0.6 is 0 Å². The Hall–Kier alpha value is -3.58. The average molecular weight is 473 g/mol. The Morgan fingerprint density at radius 2 is 2.06 bits per heavy atom. The highest BCUT2D eigenvalue weighted by Gasteiger charge is 2.24. The van der Waals surface area contributed by atoms with E-state index in [4.69, 9.17) is 9.47 Å². The van der Waals surface area contributed by atoms with Crippen LogP contribution in [0.5, 0.6) is 5.75 Å². The number of carbonyl (C=O) groups excluding carboxylic acids is 1. The number of rotatable bonds is 6. The summed E-state index contributed by atoms with van der Waals surface area (Å²) in [5.41, 5.74) is 5.49. The van der Waals surface area contributed by atoms with E-state index in [1.165, 1.54) is 0 Å². The van der Waals surface area contributed by atoms with Crippen LogP contribution in [0.3, 0.4) is 0 Å². The molecule has 1 unspecified atom stereocenters. The summed E-state index contributed by atoms with van der Waals surface area (Å²) in [5, 5.41) is 5.66. The number of aromatic nitrogens is 3. The monoisotopic (exact) mass is 472 g/mol. The Morgan fingerprint density at radius 3 is 2.77 bits per heavy atom. The molecule has 1 aliphatic rings. The van der Waals surface area contributed by atoms with Crippen molar-refractivity contribution in [3.63, 3.8) is 0 Å². The number of nitrogens with zero attached hydrogens (tertiary/aromatic N) is 4. The van der Waals surface area contributed by atoms with Crippen LogP contribution in [0.4, 0.5) is 5.69 Å². The van der Waals surface area contributed by atoms with E-state index < -0.39 is 0 Å². The Bertz CT molecular complexity index is 1360. The molecule has 0 aliphatic carbocycles. The topological polar surface area (TPSA) is 61.5 Å². The van der Waals surface area contributed by atoms with Crippen molar-refractivity contribution in [2.24, 2.45) is 7.05 Å². The van der Waals surface area contributed by atoms with Crippen molar-refractivity contribution in [2.45, 2.75) is 45.9 Å². The highest BCUT2D eigenvalue weighted by molar-refractivity contribution is 6.07. The predicted octanol–water partition coefficient (Wildman–Crippen LogP) is 5.55. The van der Waals surface area contributed by atoms with E-state index in [2.05, 4.69) is 17.2 Å². The summed E-state index contributed by atoms with van der Waals surface area (Å²) in [7, 11) is 3.63. The lowest BCUT2D eigenvalue weighted by molar-refractivity contribution is -0.0366. The number of hydrogen-bond donors (Lipinski definition) is 0. The van der Waals surface area contributed by atoms with Crippen molar-refractivity contribution in [2.75, 3.05) is 18.6 Å². The lowest BCUT2D eigenvalue weighted by atomic mass is 10.1. The van der Waals surface area contributed by atoms with Gasteiger partial charge in [-0.15, -0.1) is 0 Å². The summed E-state index contributed by atoms with van der Waals surface area (Å²) < 4.78 is 15.5. The maximum absolute atomic E-state index is 13.9. The number of ether oxygens (including phenoxy) is 2. The van der Waals surface area contributed by atoms with Crippen LogP contribution in [0.2, 0.25) is 0 Å². The lowest BCUT2D eigenvalue weighted by Gasteiger charge is -2.26. The number of methoxy groups -OCH3 is 1. The van der Waals surface area contributed by atoms with Gasteiger partial charge in [0.25, 0.3) is 5.91 Å². The first-order valence-corrected chi connectivity index (χ1v) is 12.1. The number of hydrogen-bond acceptors (Lipinski definition) is 4. The standard InChI is InChI=1S/C28H32N4O3/c1-19-22(8-7-9-26(19)34-4)18-31(28(33)24-13-14-30(3)20(24)2)23-12-11-21-17-29-32(25(21)16-23)27-10-5-6-15-35-27/h7-9,11-14,16-17,27H,5-6,10,15,18H2,1-4H3. The van der Waals surface area contributed by atoms with Gasteiger partial charge in [0.1, 0.15) is 5.75 Å².